The lowest BCUT2D eigenvalue weighted by atomic mass is 9.90. The summed E-state index contributed by atoms with van der Waals surface area (Å²) in [6.45, 7) is -0.718. The van der Waals surface area contributed by atoms with Crippen LogP contribution in [0.15, 0.2) is 206 Å². The second-order valence-electron chi connectivity index (χ2n) is 18.7. The molecule has 0 saturated carbocycles. The predicted octanol–water partition coefficient (Wildman–Crippen LogP) is 17.0. The molecule has 0 spiro atoms. The van der Waals surface area contributed by atoms with Gasteiger partial charge in [-0.25, -0.2) is 0 Å². The molecule has 0 radical (unpaired) electrons. The minimum Gasteiger partial charge on any atom is -0.497 e. The van der Waals surface area contributed by atoms with Gasteiger partial charge < -0.3 is 33.9 Å². The van der Waals surface area contributed by atoms with Gasteiger partial charge in [-0.15, -0.1) is 34.0 Å². The summed E-state index contributed by atoms with van der Waals surface area (Å²) in [5, 5.41) is 10.9. The van der Waals surface area contributed by atoms with Crippen LogP contribution in [0.1, 0.15) is 20.7 Å². The van der Waals surface area contributed by atoms with Crippen LogP contribution in [-0.4, -0.2) is 62.8 Å². The molecule has 0 bridgehead atoms. The molecule has 11 nitrogen and oxygen atoms in total. The largest absolute Gasteiger partial charge is 0.497 e. The molecule has 2 amide bonds. The van der Waals surface area contributed by atoms with E-state index >= 15 is 0 Å². The summed E-state index contributed by atoms with van der Waals surface area (Å²) >= 11 is 5.10. The van der Waals surface area contributed by atoms with Crippen LogP contribution in [0.25, 0.3) is 62.3 Å². The zero-order chi connectivity index (χ0) is 55.0. The fourth-order valence-corrected chi connectivity index (χ4v) is 13.6. The number of rotatable bonds is 17. The molecule has 0 saturated heterocycles. The Bertz CT molecular complexity index is 3780. The summed E-state index contributed by atoms with van der Waals surface area (Å²) < 4.78 is 21.9. The van der Waals surface area contributed by atoms with E-state index in [1.165, 1.54) is 0 Å². The zero-order valence-corrected chi connectivity index (χ0v) is 46.2. The Hall–Kier alpha value is -9.47. The summed E-state index contributed by atoms with van der Waals surface area (Å²) in [5.41, 5.74) is 10.5. The molecular formula is C66H49N3O8S3. The third-order valence-corrected chi connectivity index (χ3v) is 17.8. The van der Waals surface area contributed by atoms with Crippen molar-refractivity contribution >= 4 is 96.7 Å². The van der Waals surface area contributed by atoms with E-state index in [9.17, 15) is 19.5 Å². The molecule has 0 aliphatic carbocycles. The van der Waals surface area contributed by atoms with Crippen LogP contribution in [-0.2, 0) is 4.79 Å². The summed E-state index contributed by atoms with van der Waals surface area (Å²) in [6, 6.07) is 69.2. The lowest BCUT2D eigenvalue weighted by molar-refractivity contribution is -0.137. The van der Waals surface area contributed by atoms with Crippen molar-refractivity contribution in [1.29, 1.82) is 0 Å². The topological polar surface area (TPSA) is 118 Å². The normalized spacial score (nSPS) is 11.9. The van der Waals surface area contributed by atoms with Gasteiger partial charge in [0, 0.05) is 80.6 Å². The van der Waals surface area contributed by atoms with Crippen LogP contribution < -0.4 is 28.7 Å². The van der Waals surface area contributed by atoms with Crippen molar-refractivity contribution in [2.24, 2.45) is 0 Å². The first-order valence-corrected chi connectivity index (χ1v) is 27.9. The van der Waals surface area contributed by atoms with E-state index in [2.05, 4.69) is 88.7 Å². The second-order valence-corrected chi connectivity index (χ2v) is 21.9. The molecule has 11 aromatic rings. The number of carboxylic acid groups (broad SMARTS) is 1. The molecule has 3 aromatic heterocycles. The Labute approximate surface area is 473 Å². The molecule has 1 aliphatic rings. The molecule has 0 fully saturated rings. The molecule has 80 heavy (non-hydrogen) atoms. The first kappa shape index (κ1) is 51.3. The maximum absolute atomic E-state index is 13.7. The highest BCUT2D eigenvalue weighted by Crippen LogP contribution is 2.51. The number of methoxy groups -OCH3 is 4. The molecule has 1 N–H and O–H groups in total. The quantitative estimate of drug-likeness (QED) is 0.0883. The SMILES string of the molecule is COc1ccc(N(c2ccc(OC)cc2)c2ccc(-c3ccc(-c4cc(-c5ccc6c7c(cccc57)C(=O)N(CC(=O)O)C6=O)sc4-c4ccc(-c5ccc(N(c6ccc(OC)cc6)c6ccc(OC)cc6)cc5)s4)s3)cc2)cc1. The summed E-state index contributed by atoms with van der Waals surface area (Å²) in [4.78, 5) is 50.8. The van der Waals surface area contributed by atoms with Gasteiger partial charge in [-0.1, -0.05) is 42.5 Å². The minimum atomic E-state index is -1.26. The number of carboxylic acids is 1. The number of carbonyl (C=O) groups excluding carboxylic acids is 2. The number of benzene rings is 8. The van der Waals surface area contributed by atoms with Crippen LogP contribution >= 0.6 is 34.0 Å². The number of carbonyl (C=O) groups is 3. The van der Waals surface area contributed by atoms with Gasteiger partial charge in [0.05, 0.1) is 33.3 Å². The molecule has 0 unspecified atom stereocenters. The molecule has 1 aliphatic heterocycles. The number of imide groups is 1. The van der Waals surface area contributed by atoms with Crippen molar-refractivity contribution in [3.8, 4) is 74.5 Å². The van der Waals surface area contributed by atoms with Crippen molar-refractivity contribution in [2.75, 3.05) is 44.8 Å². The zero-order valence-electron chi connectivity index (χ0n) is 43.7. The van der Waals surface area contributed by atoms with Gasteiger partial charge in [0.25, 0.3) is 11.8 Å². The van der Waals surface area contributed by atoms with E-state index in [-0.39, 0.29) is 0 Å². The summed E-state index contributed by atoms with van der Waals surface area (Å²) in [7, 11) is 6.65. The fourth-order valence-electron chi connectivity index (χ4n) is 10.2. The lowest BCUT2D eigenvalue weighted by Crippen LogP contribution is -2.43. The predicted molar refractivity (Wildman–Crippen MR) is 323 cm³/mol. The first-order chi connectivity index (χ1) is 39.1. The highest BCUT2D eigenvalue weighted by molar-refractivity contribution is 7.26. The number of aliphatic carboxylic acids is 1. The van der Waals surface area contributed by atoms with Crippen LogP contribution in [0.4, 0.5) is 34.1 Å². The van der Waals surface area contributed by atoms with Gasteiger partial charge in [0.2, 0.25) is 0 Å². The molecule has 8 aromatic carbocycles. The van der Waals surface area contributed by atoms with Crippen molar-refractivity contribution < 1.29 is 38.4 Å². The number of ether oxygens (including phenoxy) is 4. The van der Waals surface area contributed by atoms with E-state index in [0.717, 1.165) is 119 Å². The minimum absolute atomic E-state index is 0.298. The van der Waals surface area contributed by atoms with E-state index in [1.54, 1.807) is 80.6 Å². The van der Waals surface area contributed by atoms with Crippen molar-refractivity contribution in [3.05, 3.63) is 217 Å². The van der Waals surface area contributed by atoms with Gasteiger partial charge in [-0.3, -0.25) is 19.3 Å². The van der Waals surface area contributed by atoms with E-state index < -0.39 is 24.3 Å². The fraction of sp³-hybridized carbons (Fsp3) is 0.0758. The van der Waals surface area contributed by atoms with Crippen LogP contribution in [0.3, 0.4) is 0 Å². The molecule has 0 atom stereocenters. The van der Waals surface area contributed by atoms with E-state index in [0.29, 0.717) is 16.5 Å². The average Bonchev–Trinajstić information content (AvgIpc) is 4.36. The van der Waals surface area contributed by atoms with Crippen molar-refractivity contribution in [2.45, 2.75) is 0 Å². The summed E-state index contributed by atoms with van der Waals surface area (Å²) in [5.74, 6) is 0.593. The van der Waals surface area contributed by atoms with Crippen LogP contribution in [0.5, 0.6) is 23.0 Å². The third kappa shape index (κ3) is 9.70. The molecule has 394 valence electrons. The maximum atomic E-state index is 13.7. The van der Waals surface area contributed by atoms with Gasteiger partial charge in [-0.2, -0.15) is 0 Å². The number of hydrogen-bond acceptors (Lipinski definition) is 12. The maximum Gasteiger partial charge on any atom is 0.323 e. The van der Waals surface area contributed by atoms with Crippen molar-refractivity contribution in [1.82, 2.24) is 4.90 Å². The van der Waals surface area contributed by atoms with E-state index in [4.69, 9.17) is 18.9 Å². The van der Waals surface area contributed by atoms with Gasteiger partial charge >= 0.3 is 5.97 Å². The van der Waals surface area contributed by atoms with E-state index in [1.807, 2.05) is 109 Å². The Morgan fingerprint density at radius 1 is 0.412 bits per heavy atom. The molecule has 4 heterocycles. The summed E-state index contributed by atoms with van der Waals surface area (Å²) in [6.07, 6.45) is 0. The number of nitrogens with zero attached hydrogens (tertiary/aromatic N) is 3. The first-order valence-electron chi connectivity index (χ1n) is 25.5. The number of thiophene rings is 3. The Kier molecular flexibility index (Phi) is 13.9. The van der Waals surface area contributed by atoms with Crippen LogP contribution in [0.2, 0.25) is 0 Å². The Morgan fingerprint density at radius 3 is 1.21 bits per heavy atom. The average molecular weight is 1110 g/mol. The number of anilines is 6. The number of hydrogen-bond donors (Lipinski definition) is 1. The highest BCUT2D eigenvalue weighted by Gasteiger charge is 2.35. The number of amides is 2. The standard InChI is InChI=1S/C66H49N3O8S3/c1-74-48-24-16-44(17-25-48)68(45-18-26-49(75-2)27-19-45)42-12-8-40(9-13-42)57-34-36-59(78-57)56-38-61(52-32-33-55-63-53(52)6-5-7-54(63)65(72)67(66(55)73)39-62(70)71)80-64(56)60-37-35-58(79-60)41-10-14-43(15-11-41)69(46-20-28-50(76-3)29-21-46)47-22-30-51(77-4)31-23-47/h5-38H,39H2,1-4H3,(H,70,71). The Morgan fingerprint density at radius 2 is 0.787 bits per heavy atom. The van der Waals surface area contributed by atoms with Crippen molar-refractivity contribution in [3.63, 3.8) is 0 Å². The Balaban J connectivity index is 0.917. The van der Waals surface area contributed by atoms with Gasteiger partial charge in [-0.05, 0) is 186 Å². The smallest absolute Gasteiger partial charge is 0.323 e. The van der Waals surface area contributed by atoms with Gasteiger partial charge in [0.1, 0.15) is 29.5 Å². The molecular weight excluding hydrogens is 1060 g/mol. The van der Waals surface area contributed by atoms with Crippen LogP contribution in [0, 0.1) is 0 Å². The molecule has 12 rings (SSSR count). The lowest BCUT2D eigenvalue weighted by Gasteiger charge is -2.26. The molecule has 14 heteroatoms. The highest BCUT2D eigenvalue weighted by atomic mass is 32.1. The second kappa shape index (κ2) is 21.7. The monoisotopic (exact) mass is 1110 g/mol. The van der Waals surface area contributed by atoms with Gasteiger partial charge in [0.15, 0.2) is 0 Å². The third-order valence-electron chi connectivity index (χ3n) is 14.1.